The maximum absolute atomic E-state index is 12.3. The van der Waals surface area contributed by atoms with Gasteiger partial charge < -0.3 is 15.4 Å². The summed E-state index contributed by atoms with van der Waals surface area (Å²) in [6, 6.07) is 5.28. The molecule has 4 nitrogen and oxygen atoms in total. The Labute approximate surface area is 118 Å². The highest BCUT2D eigenvalue weighted by molar-refractivity contribution is 6.30. The van der Waals surface area contributed by atoms with E-state index in [0.29, 0.717) is 16.3 Å². The molecule has 2 N–H and O–H groups in total. The van der Waals surface area contributed by atoms with Crippen molar-refractivity contribution >= 4 is 17.5 Å². The fourth-order valence-corrected chi connectivity index (χ4v) is 2.44. The third-order valence-electron chi connectivity index (χ3n) is 3.32. The molecule has 1 saturated heterocycles. The van der Waals surface area contributed by atoms with Crippen molar-refractivity contribution in [3.63, 3.8) is 0 Å². The lowest BCUT2D eigenvalue weighted by atomic mass is 10.1. The van der Waals surface area contributed by atoms with Crippen LogP contribution >= 0.6 is 11.6 Å². The van der Waals surface area contributed by atoms with Gasteiger partial charge in [-0.25, -0.2) is 0 Å². The van der Waals surface area contributed by atoms with Crippen molar-refractivity contribution in [1.29, 1.82) is 0 Å². The normalized spacial score (nSPS) is 19.6. The second-order valence-electron chi connectivity index (χ2n) is 4.70. The van der Waals surface area contributed by atoms with E-state index < -0.39 is 0 Å². The van der Waals surface area contributed by atoms with Crippen molar-refractivity contribution in [1.82, 2.24) is 10.6 Å². The molecule has 1 atom stereocenters. The Morgan fingerprint density at radius 1 is 1.42 bits per heavy atom. The van der Waals surface area contributed by atoms with Gasteiger partial charge in [-0.05, 0) is 50.6 Å². The van der Waals surface area contributed by atoms with Crippen molar-refractivity contribution in [2.24, 2.45) is 0 Å². The number of amides is 1. The van der Waals surface area contributed by atoms with Gasteiger partial charge in [-0.1, -0.05) is 11.6 Å². The molecule has 0 bridgehead atoms. The summed E-state index contributed by atoms with van der Waals surface area (Å²) >= 11 is 5.89. The quantitative estimate of drug-likeness (QED) is 0.894. The molecular formula is C14H19ClN2O2. The van der Waals surface area contributed by atoms with Gasteiger partial charge in [-0.3, -0.25) is 4.79 Å². The number of carbonyl (C=O) groups excluding carboxylic acids is 1. The SMILES string of the molecule is COc1cc(Cl)ccc1C(=O)NC1CCCNCC1. The minimum absolute atomic E-state index is 0.0968. The number of ether oxygens (including phenoxy) is 1. The number of rotatable bonds is 3. The molecule has 1 aromatic rings. The summed E-state index contributed by atoms with van der Waals surface area (Å²) in [5, 5.41) is 6.96. The van der Waals surface area contributed by atoms with E-state index in [1.807, 2.05) is 0 Å². The second-order valence-corrected chi connectivity index (χ2v) is 5.13. The van der Waals surface area contributed by atoms with Crippen molar-refractivity contribution < 1.29 is 9.53 Å². The van der Waals surface area contributed by atoms with Gasteiger partial charge >= 0.3 is 0 Å². The standard InChI is InChI=1S/C14H19ClN2O2/c1-19-13-9-10(15)4-5-12(13)14(18)17-11-3-2-7-16-8-6-11/h4-5,9,11,16H,2-3,6-8H2,1H3,(H,17,18). The van der Waals surface area contributed by atoms with E-state index in [9.17, 15) is 4.79 Å². The highest BCUT2D eigenvalue weighted by Crippen LogP contribution is 2.23. The molecule has 1 unspecified atom stereocenters. The van der Waals surface area contributed by atoms with Crippen molar-refractivity contribution in [3.8, 4) is 5.75 Å². The number of hydrogen-bond donors (Lipinski definition) is 2. The molecule has 1 heterocycles. The van der Waals surface area contributed by atoms with Crippen LogP contribution in [0.15, 0.2) is 18.2 Å². The third-order valence-corrected chi connectivity index (χ3v) is 3.55. The first-order valence-electron chi connectivity index (χ1n) is 6.56. The van der Waals surface area contributed by atoms with Crippen LogP contribution in [0.4, 0.5) is 0 Å². The Kier molecular flexibility index (Phi) is 5.05. The molecule has 0 aromatic heterocycles. The van der Waals surface area contributed by atoms with Crippen molar-refractivity contribution in [3.05, 3.63) is 28.8 Å². The summed E-state index contributed by atoms with van der Waals surface area (Å²) in [5.74, 6) is 0.414. The first kappa shape index (κ1) is 14.2. The topological polar surface area (TPSA) is 50.4 Å². The molecule has 1 aromatic carbocycles. The van der Waals surface area contributed by atoms with Crippen LogP contribution in [-0.4, -0.2) is 32.1 Å². The van der Waals surface area contributed by atoms with Gasteiger partial charge in [0.25, 0.3) is 5.91 Å². The molecule has 1 aliphatic rings. The summed E-state index contributed by atoms with van der Waals surface area (Å²) in [4.78, 5) is 12.3. The average molecular weight is 283 g/mol. The lowest BCUT2D eigenvalue weighted by molar-refractivity contribution is 0.0931. The zero-order valence-corrected chi connectivity index (χ0v) is 11.8. The smallest absolute Gasteiger partial charge is 0.255 e. The summed E-state index contributed by atoms with van der Waals surface area (Å²) in [5.41, 5.74) is 0.532. The van der Waals surface area contributed by atoms with Crippen LogP contribution in [-0.2, 0) is 0 Å². The van der Waals surface area contributed by atoms with Crippen LogP contribution < -0.4 is 15.4 Å². The van der Waals surface area contributed by atoms with Crippen molar-refractivity contribution in [2.75, 3.05) is 20.2 Å². The van der Waals surface area contributed by atoms with Crippen LogP contribution in [0.5, 0.6) is 5.75 Å². The Balaban J connectivity index is 2.06. The fraction of sp³-hybridized carbons (Fsp3) is 0.500. The highest BCUT2D eigenvalue weighted by Gasteiger charge is 2.18. The summed E-state index contributed by atoms with van der Waals surface area (Å²) in [6.07, 6.45) is 3.05. The number of halogens is 1. The van der Waals surface area contributed by atoms with Gasteiger partial charge in [0.15, 0.2) is 0 Å². The van der Waals surface area contributed by atoms with E-state index in [1.54, 1.807) is 18.2 Å². The number of carbonyl (C=O) groups is 1. The maximum atomic E-state index is 12.3. The first-order chi connectivity index (χ1) is 9.20. The first-order valence-corrected chi connectivity index (χ1v) is 6.93. The van der Waals surface area contributed by atoms with Crippen LogP contribution in [0.25, 0.3) is 0 Å². The monoisotopic (exact) mass is 282 g/mol. The van der Waals surface area contributed by atoms with E-state index in [0.717, 1.165) is 32.4 Å². The predicted octanol–water partition coefficient (Wildman–Crippen LogP) is 2.22. The lowest BCUT2D eigenvalue weighted by Crippen LogP contribution is -2.35. The van der Waals surface area contributed by atoms with E-state index in [4.69, 9.17) is 16.3 Å². The minimum atomic E-state index is -0.0968. The van der Waals surface area contributed by atoms with Gasteiger partial charge in [-0.15, -0.1) is 0 Å². The van der Waals surface area contributed by atoms with Crippen LogP contribution in [0.2, 0.25) is 5.02 Å². The number of methoxy groups -OCH3 is 1. The van der Waals surface area contributed by atoms with Gasteiger partial charge in [0.1, 0.15) is 5.75 Å². The molecule has 2 rings (SSSR count). The van der Waals surface area contributed by atoms with Gasteiger partial charge in [0.05, 0.1) is 12.7 Å². The molecule has 0 saturated carbocycles. The van der Waals surface area contributed by atoms with E-state index >= 15 is 0 Å². The zero-order valence-electron chi connectivity index (χ0n) is 11.0. The predicted molar refractivity (Wildman–Crippen MR) is 76.0 cm³/mol. The van der Waals surface area contributed by atoms with E-state index in [-0.39, 0.29) is 11.9 Å². The van der Waals surface area contributed by atoms with E-state index in [2.05, 4.69) is 10.6 Å². The molecule has 5 heteroatoms. The Morgan fingerprint density at radius 2 is 2.26 bits per heavy atom. The van der Waals surface area contributed by atoms with E-state index in [1.165, 1.54) is 7.11 Å². The van der Waals surface area contributed by atoms with Crippen LogP contribution in [0, 0.1) is 0 Å². The summed E-state index contributed by atoms with van der Waals surface area (Å²) in [6.45, 7) is 1.97. The molecule has 0 radical (unpaired) electrons. The number of benzene rings is 1. The van der Waals surface area contributed by atoms with Gasteiger partial charge in [0.2, 0.25) is 0 Å². The minimum Gasteiger partial charge on any atom is -0.496 e. The van der Waals surface area contributed by atoms with Crippen LogP contribution in [0.3, 0.4) is 0 Å². The Bertz CT molecular complexity index is 443. The van der Waals surface area contributed by atoms with Gasteiger partial charge in [0, 0.05) is 11.1 Å². The molecule has 1 aliphatic heterocycles. The fourth-order valence-electron chi connectivity index (χ4n) is 2.28. The zero-order chi connectivity index (χ0) is 13.7. The van der Waals surface area contributed by atoms with Crippen LogP contribution in [0.1, 0.15) is 29.6 Å². The molecular weight excluding hydrogens is 264 g/mol. The molecule has 1 fully saturated rings. The third kappa shape index (κ3) is 3.85. The molecule has 104 valence electrons. The van der Waals surface area contributed by atoms with Gasteiger partial charge in [-0.2, -0.15) is 0 Å². The van der Waals surface area contributed by atoms with Crippen molar-refractivity contribution in [2.45, 2.75) is 25.3 Å². The lowest BCUT2D eigenvalue weighted by Gasteiger charge is -2.17. The summed E-state index contributed by atoms with van der Waals surface area (Å²) in [7, 11) is 1.54. The molecule has 0 spiro atoms. The number of nitrogens with one attached hydrogen (secondary N) is 2. The maximum Gasteiger partial charge on any atom is 0.255 e. The second kappa shape index (κ2) is 6.78. The highest BCUT2D eigenvalue weighted by atomic mass is 35.5. The average Bonchev–Trinajstić information content (AvgIpc) is 2.67. The largest absolute Gasteiger partial charge is 0.496 e. The molecule has 19 heavy (non-hydrogen) atoms. The Hall–Kier alpha value is -1.26. The Morgan fingerprint density at radius 3 is 3.05 bits per heavy atom. The number of hydrogen-bond acceptors (Lipinski definition) is 3. The molecule has 0 aliphatic carbocycles. The molecule has 1 amide bonds. The summed E-state index contributed by atoms with van der Waals surface area (Å²) < 4.78 is 5.20.